The van der Waals surface area contributed by atoms with Crippen LogP contribution in [0.15, 0.2) is 24.3 Å². The summed E-state index contributed by atoms with van der Waals surface area (Å²) in [6.07, 6.45) is 4.41. The molecular formula is C39H66F3NO9. The number of hydrogen-bond acceptors (Lipinski definition) is 9. The summed E-state index contributed by atoms with van der Waals surface area (Å²) in [6.45, 7) is 1.20. The Labute approximate surface area is 308 Å². The van der Waals surface area contributed by atoms with E-state index in [1.165, 1.54) is 63.5 Å². The van der Waals surface area contributed by atoms with E-state index in [4.69, 9.17) is 9.47 Å². The van der Waals surface area contributed by atoms with E-state index in [1.807, 2.05) is 0 Å². The van der Waals surface area contributed by atoms with Crippen molar-refractivity contribution in [3.63, 3.8) is 0 Å². The SMILES string of the molecule is CCCCCCCCCCCCCC[C@@H](O)[C@@H](O)[C@H](COC1OC(CO)C(O)C(O)C1O)NC(=O)CCCCCCCc1ccc(C(F)(F)F)cc1. The Morgan fingerprint density at radius 3 is 1.88 bits per heavy atom. The van der Waals surface area contributed by atoms with Crippen molar-refractivity contribution in [2.45, 2.75) is 190 Å². The van der Waals surface area contributed by atoms with Crippen molar-refractivity contribution in [1.29, 1.82) is 0 Å². The summed E-state index contributed by atoms with van der Waals surface area (Å²) in [5.74, 6) is -0.372. The Morgan fingerprint density at radius 1 is 0.788 bits per heavy atom. The van der Waals surface area contributed by atoms with Crippen LogP contribution in [0.2, 0.25) is 0 Å². The second-order valence-electron chi connectivity index (χ2n) is 14.4. The molecule has 0 aromatic heterocycles. The van der Waals surface area contributed by atoms with Gasteiger partial charge in [-0.1, -0.05) is 115 Å². The minimum Gasteiger partial charge on any atom is -0.394 e. The topological polar surface area (TPSA) is 169 Å². The molecule has 8 atom stereocenters. The second kappa shape index (κ2) is 26.0. The van der Waals surface area contributed by atoms with Gasteiger partial charge in [0.25, 0.3) is 0 Å². The lowest BCUT2D eigenvalue weighted by Gasteiger charge is -2.40. The van der Waals surface area contributed by atoms with Crippen LogP contribution in [0.4, 0.5) is 13.2 Å². The number of hydrogen-bond donors (Lipinski definition) is 7. The quantitative estimate of drug-likeness (QED) is 0.0532. The van der Waals surface area contributed by atoms with Gasteiger partial charge in [-0.25, -0.2) is 0 Å². The van der Waals surface area contributed by atoms with Gasteiger partial charge in [0.15, 0.2) is 6.29 Å². The van der Waals surface area contributed by atoms with Crippen LogP contribution in [0.1, 0.15) is 140 Å². The molecule has 1 aliphatic rings. The normalized spacial score (nSPS) is 22.6. The molecular weight excluding hydrogens is 683 g/mol. The Hall–Kier alpha value is -1.84. The van der Waals surface area contributed by atoms with E-state index < -0.39 is 67.3 Å². The Morgan fingerprint density at radius 2 is 1.33 bits per heavy atom. The average molecular weight is 750 g/mol. The van der Waals surface area contributed by atoms with E-state index >= 15 is 0 Å². The van der Waals surface area contributed by atoms with Gasteiger partial charge < -0.3 is 45.4 Å². The predicted molar refractivity (Wildman–Crippen MR) is 192 cm³/mol. The van der Waals surface area contributed by atoms with Gasteiger partial charge in [-0.05, 0) is 43.4 Å². The highest BCUT2D eigenvalue weighted by molar-refractivity contribution is 5.76. The van der Waals surface area contributed by atoms with Crippen molar-refractivity contribution in [2.24, 2.45) is 0 Å². The number of nitrogens with one attached hydrogen (secondary N) is 1. The van der Waals surface area contributed by atoms with Crippen LogP contribution in [0.5, 0.6) is 0 Å². The highest BCUT2D eigenvalue weighted by Crippen LogP contribution is 2.29. The summed E-state index contributed by atoms with van der Waals surface area (Å²) < 4.78 is 49.3. The van der Waals surface area contributed by atoms with Crippen molar-refractivity contribution in [2.75, 3.05) is 13.2 Å². The fourth-order valence-corrected chi connectivity index (χ4v) is 6.55. The highest BCUT2D eigenvalue weighted by atomic mass is 19.4. The molecule has 1 aromatic carbocycles. The minimum atomic E-state index is -4.36. The average Bonchev–Trinajstić information content (AvgIpc) is 3.12. The summed E-state index contributed by atoms with van der Waals surface area (Å²) in [7, 11) is 0. The van der Waals surface area contributed by atoms with Crippen LogP contribution in [0.25, 0.3) is 0 Å². The second-order valence-corrected chi connectivity index (χ2v) is 14.4. The third kappa shape index (κ3) is 18.0. The van der Waals surface area contributed by atoms with Gasteiger partial charge in [0.1, 0.15) is 30.5 Å². The van der Waals surface area contributed by atoms with Crippen LogP contribution < -0.4 is 5.32 Å². The fraction of sp³-hybridized carbons (Fsp3) is 0.821. The third-order valence-electron chi connectivity index (χ3n) is 9.95. The first kappa shape index (κ1) is 46.3. The Kier molecular flexibility index (Phi) is 23.2. The number of alkyl halides is 3. The zero-order valence-corrected chi connectivity index (χ0v) is 31.0. The number of rotatable bonds is 28. The van der Waals surface area contributed by atoms with Crippen molar-refractivity contribution < 1.29 is 58.1 Å². The number of amides is 1. The summed E-state index contributed by atoms with van der Waals surface area (Å²) in [4.78, 5) is 12.9. The van der Waals surface area contributed by atoms with Gasteiger partial charge in [0, 0.05) is 6.42 Å². The van der Waals surface area contributed by atoms with Crippen molar-refractivity contribution in [3.05, 3.63) is 35.4 Å². The van der Waals surface area contributed by atoms with Gasteiger partial charge in [-0.2, -0.15) is 13.2 Å². The van der Waals surface area contributed by atoms with E-state index in [-0.39, 0.29) is 18.9 Å². The number of ether oxygens (including phenoxy) is 2. The number of carbonyl (C=O) groups excluding carboxylic acids is 1. The molecule has 2 rings (SSSR count). The van der Waals surface area contributed by atoms with E-state index in [0.717, 1.165) is 62.6 Å². The summed E-state index contributed by atoms with van der Waals surface area (Å²) >= 11 is 0. The molecule has 302 valence electrons. The molecule has 0 spiro atoms. The smallest absolute Gasteiger partial charge is 0.394 e. The molecule has 1 amide bonds. The first-order valence-electron chi connectivity index (χ1n) is 19.6. The summed E-state index contributed by atoms with van der Waals surface area (Å²) in [5.41, 5.74) is 0.169. The molecule has 1 aromatic rings. The van der Waals surface area contributed by atoms with E-state index in [0.29, 0.717) is 25.7 Å². The van der Waals surface area contributed by atoms with Crippen LogP contribution >= 0.6 is 0 Å². The molecule has 10 nitrogen and oxygen atoms in total. The maximum atomic E-state index is 12.9. The van der Waals surface area contributed by atoms with Crippen LogP contribution in [-0.2, 0) is 26.9 Å². The van der Waals surface area contributed by atoms with Gasteiger partial charge in [0.05, 0.1) is 30.9 Å². The van der Waals surface area contributed by atoms with Crippen molar-refractivity contribution >= 4 is 5.91 Å². The molecule has 0 radical (unpaired) electrons. The van der Waals surface area contributed by atoms with E-state index in [1.54, 1.807) is 0 Å². The lowest BCUT2D eigenvalue weighted by atomic mass is 9.98. The number of aliphatic hydroxyl groups excluding tert-OH is 6. The number of carbonyl (C=O) groups is 1. The lowest BCUT2D eigenvalue weighted by molar-refractivity contribution is -0.303. The first-order valence-corrected chi connectivity index (χ1v) is 19.6. The predicted octanol–water partition coefficient (Wildman–Crippen LogP) is 5.70. The molecule has 1 heterocycles. The number of aryl methyl sites for hydroxylation is 1. The minimum absolute atomic E-state index is 0.150. The Bertz CT molecular complexity index is 1060. The maximum Gasteiger partial charge on any atom is 0.416 e. The lowest BCUT2D eigenvalue weighted by Crippen LogP contribution is -2.60. The number of aliphatic hydroxyl groups is 6. The molecule has 0 bridgehead atoms. The number of unbranched alkanes of at least 4 members (excludes halogenated alkanes) is 15. The molecule has 52 heavy (non-hydrogen) atoms. The van der Waals surface area contributed by atoms with Gasteiger partial charge >= 0.3 is 6.18 Å². The van der Waals surface area contributed by atoms with Crippen molar-refractivity contribution in [1.82, 2.24) is 5.32 Å². The van der Waals surface area contributed by atoms with Gasteiger partial charge in [-0.15, -0.1) is 0 Å². The van der Waals surface area contributed by atoms with E-state index in [2.05, 4.69) is 12.2 Å². The maximum absolute atomic E-state index is 12.9. The molecule has 0 saturated carbocycles. The van der Waals surface area contributed by atoms with Crippen LogP contribution in [-0.4, -0.2) is 98.7 Å². The molecule has 7 N–H and O–H groups in total. The highest BCUT2D eigenvalue weighted by Gasteiger charge is 2.44. The summed E-state index contributed by atoms with van der Waals surface area (Å²) in [6, 6.07) is 4.09. The van der Waals surface area contributed by atoms with Gasteiger partial charge in [0.2, 0.25) is 5.91 Å². The van der Waals surface area contributed by atoms with Crippen molar-refractivity contribution in [3.8, 4) is 0 Å². The summed E-state index contributed by atoms with van der Waals surface area (Å²) in [5, 5.41) is 64.7. The monoisotopic (exact) mass is 749 g/mol. The molecule has 1 saturated heterocycles. The fourth-order valence-electron chi connectivity index (χ4n) is 6.55. The van der Waals surface area contributed by atoms with Crippen LogP contribution in [0.3, 0.4) is 0 Å². The van der Waals surface area contributed by atoms with E-state index in [9.17, 15) is 48.6 Å². The zero-order valence-electron chi connectivity index (χ0n) is 31.0. The van der Waals surface area contributed by atoms with Crippen LogP contribution in [0, 0.1) is 0 Å². The molecule has 5 unspecified atom stereocenters. The molecule has 0 aliphatic carbocycles. The Balaban J connectivity index is 1.78. The largest absolute Gasteiger partial charge is 0.416 e. The third-order valence-corrected chi connectivity index (χ3v) is 9.95. The molecule has 1 aliphatic heterocycles. The van der Waals surface area contributed by atoms with Gasteiger partial charge in [-0.3, -0.25) is 4.79 Å². The standard InChI is InChI=1S/C39H66F3NO9/c1-2-3-4-5-6-7-8-9-10-11-14-17-20-31(45)34(47)30(27-51-38-37(50)36(49)35(48)32(26-44)52-38)43-33(46)21-18-15-12-13-16-19-28-22-24-29(25-23-28)39(40,41)42/h22-25,30-32,34-38,44-45,47-50H,2-21,26-27H2,1H3,(H,43,46)/t30-,31+,32?,34-,35?,36?,37?,38?/m0/s1. The first-order chi connectivity index (χ1) is 24.9. The number of benzene rings is 1. The zero-order chi connectivity index (χ0) is 38.4. The number of halogens is 3. The molecule has 1 fully saturated rings. The molecule has 13 heteroatoms.